The van der Waals surface area contributed by atoms with Gasteiger partial charge in [-0.3, -0.25) is 9.56 Å². The number of fused-ring (bicyclic) bond motifs is 1. The van der Waals surface area contributed by atoms with Gasteiger partial charge >= 0.3 is 5.69 Å². The number of hydrogen-bond acceptors (Lipinski definition) is 7. The summed E-state index contributed by atoms with van der Waals surface area (Å²) in [5.74, 6) is 0.707. The smallest absolute Gasteiger partial charge is 0.327 e. The van der Waals surface area contributed by atoms with Crippen LogP contribution in [0.4, 0.5) is 0 Å². The van der Waals surface area contributed by atoms with Gasteiger partial charge in [-0.25, -0.2) is 13.2 Å². The number of imidazole rings is 1. The minimum absolute atomic E-state index is 0.280. The average Bonchev–Trinajstić information content (AvgIpc) is 3.11. The molecule has 0 aliphatic rings. The third-order valence-electron chi connectivity index (χ3n) is 5.16. The highest BCUT2D eigenvalue weighted by Gasteiger charge is 2.25. The summed E-state index contributed by atoms with van der Waals surface area (Å²) in [4.78, 5) is 20.0. The number of nitrogens with two attached hydrogens (primary N) is 1. The topological polar surface area (TPSA) is 129 Å². The van der Waals surface area contributed by atoms with Crippen LogP contribution < -0.4 is 20.9 Å². The van der Waals surface area contributed by atoms with Crippen LogP contribution in [0.5, 0.6) is 11.5 Å². The van der Waals surface area contributed by atoms with E-state index in [2.05, 4.69) is 9.98 Å². The fraction of sp³-hybridized carbons (Fsp3) is 0.304. The molecule has 0 fully saturated rings. The van der Waals surface area contributed by atoms with E-state index < -0.39 is 21.6 Å². The molecule has 1 aromatic heterocycles. The molecule has 0 spiro atoms. The lowest BCUT2D eigenvalue weighted by molar-refractivity contribution is 0.310. The second-order valence-corrected chi connectivity index (χ2v) is 9.65. The number of sulfone groups is 1. The van der Waals surface area contributed by atoms with Crippen LogP contribution in [0.15, 0.2) is 52.4 Å². The van der Waals surface area contributed by atoms with Crippen molar-refractivity contribution >= 4 is 32.7 Å². The summed E-state index contributed by atoms with van der Waals surface area (Å²) in [6.07, 6.45) is 4.14. The van der Waals surface area contributed by atoms with E-state index in [9.17, 15) is 13.2 Å². The number of aromatic nitrogens is 2. The van der Waals surface area contributed by atoms with Gasteiger partial charge in [0.25, 0.3) is 0 Å². The first-order valence-corrected chi connectivity index (χ1v) is 12.4. The number of ether oxygens (including phenoxy) is 2. The maximum Gasteiger partial charge on any atom is 0.327 e. The lowest BCUT2D eigenvalue weighted by Crippen LogP contribution is -2.28. The van der Waals surface area contributed by atoms with Crippen LogP contribution in [0.2, 0.25) is 0 Å². The minimum Gasteiger partial charge on any atom is -0.493 e. The van der Waals surface area contributed by atoms with Crippen molar-refractivity contribution in [1.29, 1.82) is 0 Å². The maximum absolute atomic E-state index is 13.2. The molecule has 1 heterocycles. The van der Waals surface area contributed by atoms with Crippen molar-refractivity contribution in [2.45, 2.75) is 13.0 Å². The highest BCUT2D eigenvalue weighted by molar-refractivity contribution is 7.90. The van der Waals surface area contributed by atoms with E-state index >= 15 is 0 Å². The van der Waals surface area contributed by atoms with E-state index in [1.165, 1.54) is 17.9 Å². The van der Waals surface area contributed by atoms with Crippen LogP contribution in [0, 0.1) is 0 Å². The van der Waals surface area contributed by atoms with E-state index in [1.807, 2.05) is 13.0 Å². The fourth-order valence-electron chi connectivity index (χ4n) is 3.82. The predicted octanol–water partition coefficient (Wildman–Crippen LogP) is 2.37. The first-order valence-electron chi connectivity index (χ1n) is 10.3. The van der Waals surface area contributed by atoms with Gasteiger partial charge < -0.3 is 20.2 Å². The van der Waals surface area contributed by atoms with Gasteiger partial charge in [-0.15, -0.1) is 0 Å². The number of aliphatic imine (C=N–C) groups is 1. The molecule has 3 rings (SSSR count). The SMILES string of the molecule is CCOc1cc([C@H](CS(C)(=O)=O)n2c(=O)[nH]c3c(C(C=NC)=CN)cccc32)ccc1OC. The summed E-state index contributed by atoms with van der Waals surface area (Å²) < 4.78 is 37.2. The largest absolute Gasteiger partial charge is 0.493 e. The number of H-pyrrole nitrogens is 1. The van der Waals surface area contributed by atoms with Crippen molar-refractivity contribution < 1.29 is 17.9 Å². The van der Waals surface area contributed by atoms with Crippen LogP contribution in [0.25, 0.3) is 16.6 Å². The highest BCUT2D eigenvalue weighted by Crippen LogP contribution is 2.33. The Balaban J connectivity index is 2.29. The maximum atomic E-state index is 13.2. The number of para-hydroxylation sites is 1. The van der Waals surface area contributed by atoms with Crippen molar-refractivity contribution in [1.82, 2.24) is 9.55 Å². The molecular weight excluding hydrogens is 444 g/mol. The number of rotatable bonds is 9. The molecule has 0 saturated carbocycles. The van der Waals surface area contributed by atoms with E-state index in [0.717, 1.165) is 6.26 Å². The molecule has 3 aromatic rings. The van der Waals surface area contributed by atoms with E-state index in [0.29, 0.717) is 45.8 Å². The number of hydrogen-bond donors (Lipinski definition) is 2. The van der Waals surface area contributed by atoms with Crippen LogP contribution >= 0.6 is 0 Å². The zero-order valence-corrected chi connectivity index (χ0v) is 19.8. The Bertz CT molecular complexity index is 1370. The standard InChI is InChI=1S/C23H28N4O5S/c1-5-32-21-11-15(9-10-20(21)31-3)19(14-33(4,29)30)27-18-8-6-7-17(16(12-24)13-25-2)22(18)26-23(27)28/h6-13,19H,5,14,24H2,1-4H3,(H,26,28)/t19-/m0/s1. The molecule has 10 heteroatoms. The summed E-state index contributed by atoms with van der Waals surface area (Å²) in [6.45, 7) is 2.24. The zero-order valence-electron chi connectivity index (χ0n) is 19.0. The molecule has 33 heavy (non-hydrogen) atoms. The number of aromatic amines is 1. The van der Waals surface area contributed by atoms with Gasteiger partial charge in [0.15, 0.2) is 11.5 Å². The lowest BCUT2D eigenvalue weighted by Gasteiger charge is -2.20. The van der Waals surface area contributed by atoms with Crippen molar-refractivity contribution in [3.8, 4) is 11.5 Å². The second-order valence-electron chi connectivity index (χ2n) is 7.46. The molecule has 0 aliphatic heterocycles. The molecule has 0 aliphatic carbocycles. The molecular formula is C23H28N4O5S. The minimum atomic E-state index is -3.46. The normalized spacial score (nSPS) is 13.5. The van der Waals surface area contributed by atoms with Crippen molar-refractivity contribution in [3.05, 3.63) is 64.2 Å². The summed E-state index contributed by atoms with van der Waals surface area (Å²) in [5, 5.41) is 0. The van der Waals surface area contributed by atoms with E-state index in [4.69, 9.17) is 15.2 Å². The summed E-state index contributed by atoms with van der Waals surface area (Å²) >= 11 is 0. The van der Waals surface area contributed by atoms with Crippen LogP contribution in [-0.4, -0.2) is 57.0 Å². The quantitative estimate of drug-likeness (QED) is 0.460. The third-order valence-corrected chi connectivity index (χ3v) is 6.08. The van der Waals surface area contributed by atoms with Crippen molar-refractivity contribution in [3.63, 3.8) is 0 Å². The Labute approximate surface area is 192 Å². The summed E-state index contributed by atoms with van der Waals surface area (Å²) in [5.41, 5.74) is 8.32. The van der Waals surface area contributed by atoms with Gasteiger partial charge in [0.05, 0.1) is 36.5 Å². The summed E-state index contributed by atoms with van der Waals surface area (Å²) in [6, 6.07) is 9.71. The monoisotopic (exact) mass is 472 g/mol. The fourth-order valence-corrected chi connectivity index (χ4v) is 4.73. The molecule has 0 saturated heterocycles. The number of nitrogens with zero attached hydrogens (tertiary/aromatic N) is 2. The summed E-state index contributed by atoms with van der Waals surface area (Å²) in [7, 11) is -0.310. The van der Waals surface area contributed by atoms with Crippen molar-refractivity contribution in [2.24, 2.45) is 10.7 Å². The van der Waals surface area contributed by atoms with Gasteiger partial charge in [-0.05, 0) is 30.7 Å². The number of benzene rings is 2. The van der Waals surface area contributed by atoms with Gasteiger partial charge in [0.1, 0.15) is 9.84 Å². The predicted molar refractivity (Wildman–Crippen MR) is 131 cm³/mol. The average molecular weight is 473 g/mol. The molecule has 176 valence electrons. The van der Waals surface area contributed by atoms with Gasteiger partial charge in [-0.1, -0.05) is 18.2 Å². The second kappa shape index (κ2) is 9.95. The Morgan fingerprint density at radius 2 is 2.03 bits per heavy atom. The van der Waals surface area contributed by atoms with E-state index in [1.54, 1.807) is 43.6 Å². The first kappa shape index (κ1) is 24.1. The van der Waals surface area contributed by atoms with Gasteiger partial charge in [0.2, 0.25) is 0 Å². The van der Waals surface area contributed by atoms with Crippen LogP contribution in [0.3, 0.4) is 0 Å². The number of nitrogens with one attached hydrogen (secondary N) is 1. The molecule has 0 radical (unpaired) electrons. The number of methoxy groups -OCH3 is 1. The Morgan fingerprint density at radius 3 is 2.64 bits per heavy atom. The molecule has 0 amide bonds. The molecule has 0 unspecified atom stereocenters. The Hall–Kier alpha value is -3.53. The third kappa shape index (κ3) is 5.11. The van der Waals surface area contributed by atoms with Crippen LogP contribution in [-0.2, 0) is 9.84 Å². The van der Waals surface area contributed by atoms with Crippen molar-refractivity contribution in [2.75, 3.05) is 32.8 Å². The molecule has 3 N–H and O–H groups in total. The van der Waals surface area contributed by atoms with E-state index in [-0.39, 0.29) is 5.75 Å². The zero-order chi connectivity index (χ0) is 24.2. The van der Waals surface area contributed by atoms with Gasteiger partial charge in [0, 0.05) is 36.9 Å². The molecule has 9 nitrogen and oxygen atoms in total. The Kier molecular flexibility index (Phi) is 7.27. The highest BCUT2D eigenvalue weighted by atomic mass is 32.2. The first-order chi connectivity index (χ1) is 15.7. The molecule has 1 atom stereocenters. The molecule has 0 bridgehead atoms. The van der Waals surface area contributed by atoms with Gasteiger partial charge in [-0.2, -0.15) is 0 Å². The number of allylic oxidation sites excluding steroid dienone is 1. The molecule has 2 aromatic carbocycles. The van der Waals surface area contributed by atoms with Crippen LogP contribution in [0.1, 0.15) is 24.1 Å². The Morgan fingerprint density at radius 1 is 1.27 bits per heavy atom. The lowest BCUT2D eigenvalue weighted by atomic mass is 10.0.